The normalized spacial score (nSPS) is 13.2. The maximum absolute atomic E-state index is 13.0. The lowest BCUT2D eigenvalue weighted by Gasteiger charge is -2.19. The molecule has 8 nitrogen and oxygen atoms in total. The fourth-order valence-electron chi connectivity index (χ4n) is 3.16. The summed E-state index contributed by atoms with van der Waals surface area (Å²) in [6, 6.07) is 15.5. The molecule has 0 saturated heterocycles. The van der Waals surface area contributed by atoms with Crippen LogP contribution < -0.4 is 14.2 Å². The summed E-state index contributed by atoms with van der Waals surface area (Å²) in [6.45, 7) is 0.818. The maximum atomic E-state index is 13.0. The van der Waals surface area contributed by atoms with E-state index in [-0.39, 0.29) is 11.3 Å². The van der Waals surface area contributed by atoms with E-state index >= 15 is 0 Å². The van der Waals surface area contributed by atoms with Crippen molar-refractivity contribution in [2.45, 2.75) is 11.3 Å². The van der Waals surface area contributed by atoms with Crippen molar-refractivity contribution < 1.29 is 22.4 Å². The predicted octanol–water partition coefficient (Wildman–Crippen LogP) is 3.96. The van der Waals surface area contributed by atoms with E-state index in [0.717, 1.165) is 4.88 Å². The summed E-state index contributed by atoms with van der Waals surface area (Å²) < 4.78 is 45.0. The van der Waals surface area contributed by atoms with E-state index in [4.69, 9.17) is 14.0 Å². The van der Waals surface area contributed by atoms with Gasteiger partial charge in [-0.1, -0.05) is 29.4 Å². The molecule has 0 radical (unpaired) electrons. The van der Waals surface area contributed by atoms with Gasteiger partial charge < -0.3 is 14.0 Å². The van der Waals surface area contributed by atoms with Gasteiger partial charge in [0.05, 0.1) is 21.9 Å². The fraction of sp³-hybridized carbons (Fsp3) is 0.143. The number of ether oxygens (including phenoxy) is 2. The number of nitrogens with zero attached hydrogens (tertiary/aromatic N) is 2. The SMILES string of the molecule is O=S(=O)(Nc1ccccc1Cc1nc(-c2cccs2)no1)c1ccc2c(c1)OCCO2. The van der Waals surface area contributed by atoms with Gasteiger partial charge in [-0.15, -0.1) is 11.3 Å². The van der Waals surface area contributed by atoms with Crippen molar-refractivity contribution in [1.82, 2.24) is 10.1 Å². The Morgan fingerprint density at radius 3 is 2.68 bits per heavy atom. The Morgan fingerprint density at radius 1 is 1.00 bits per heavy atom. The number of benzene rings is 2. The van der Waals surface area contributed by atoms with Crippen LogP contribution in [0.2, 0.25) is 0 Å². The molecule has 2 aromatic carbocycles. The highest BCUT2D eigenvalue weighted by atomic mass is 32.2. The zero-order valence-corrected chi connectivity index (χ0v) is 17.8. The number of anilines is 1. The van der Waals surface area contributed by atoms with Crippen LogP contribution in [0.15, 0.2) is 69.4 Å². The van der Waals surface area contributed by atoms with Crippen molar-refractivity contribution in [1.29, 1.82) is 0 Å². The van der Waals surface area contributed by atoms with Gasteiger partial charge in [0.1, 0.15) is 13.2 Å². The molecule has 0 fully saturated rings. The molecule has 1 N–H and O–H groups in total. The maximum Gasteiger partial charge on any atom is 0.262 e. The first-order valence-corrected chi connectivity index (χ1v) is 11.8. The van der Waals surface area contributed by atoms with Gasteiger partial charge in [0.15, 0.2) is 11.5 Å². The molecule has 0 bridgehead atoms. The average molecular weight is 456 g/mol. The molecule has 2 aromatic heterocycles. The molecule has 158 valence electrons. The zero-order valence-electron chi connectivity index (χ0n) is 16.1. The summed E-state index contributed by atoms with van der Waals surface area (Å²) in [4.78, 5) is 5.41. The number of hydrogen-bond acceptors (Lipinski definition) is 8. The third-order valence-corrected chi connectivity index (χ3v) is 6.87. The Balaban J connectivity index is 1.39. The Kier molecular flexibility index (Phi) is 5.08. The van der Waals surface area contributed by atoms with E-state index < -0.39 is 10.0 Å². The van der Waals surface area contributed by atoms with Crippen LogP contribution in [0.4, 0.5) is 5.69 Å². The molecule has 3 heterocycles. The number of thiophene rings is 1. The third kappa shape index (κ3) is 4.12. The zero-order chi connectivity index (χ0) is 21.3. The fourth-order valence-corrected chi connectivity index (χ4v) is 4.93. The Morgan fingerprint density at radius 2 is 1.84 bits per heavy atom. The van der Waals surface area contributed by atoms with E-state index in [1.54, 1.807) is 18.2 Å². The van der Waals surface area contributed by atoms with Gasteiger partial charge in [-0.3, -0.25) is 4.72 Å². The van der Waals surface area contributed by atoms with E-state index in [0.29, 0.717) is 47.7 Å². The molecular formula is C21H17N3O5S2. The van der Waals surface area contributed by atoms with Crippen LogP contribution in [-0.2, 0) is 16.4 Å². The van der Waals surface area contributed by atoms with Gasteiger partial charge in [-0.05, 0) is 35.2 Å². The molecule has 5 rings (SSSR count). The van der Waals surface area contributed by atoms with Gasteiger partial charge in [-0.25, -0.2) is 8.42 Å². The molecule has 0 spiro atoms. The van der Waals surface area contributed by atoms with Crippen LogP contribution in [-0.4, -0.2) is 31.8 Å². The Hall–Kier alpha value is -3.37. The van der Waals surface area contributed by atoms with Crippen molar-refractivity contribution in [2.24, 2.45) is 0 Å². The molecule has 1 aliphatic rings. The van der Waals surface area contributed by atoms with Crippen molar-refractivity contribution in [2.75, 3.05) is 17.9 Å². The molecule has 0 aliphatic carbocycles. The number of para-hydroxylation sites is 1. The highest BCUT2D eigenvalue weighted by Crippen LogP contribution is 2.33. The van der Waals surface area contributed by atoms with E-state index in [1.165, 1.54) is 23.5 Å². The highest BCUT2D eigenvalue weighted by Gasteiger charge is 2.21. The topological polar surface area (TPSA) is 104 Å². The quantitative estimate of drug-likeness (QED) is 0.469. The lowest BCUT2D eigenvalue weighted by Crippen LogP contribution is -2.17. The van der Waals surface area contributed by atoms with Gasteiger partial charge >= 0.3 is 0 Å². The number of hydrogen-bond donors (Lipinski definition) is 1. The van der Waals surface area contributed by atoms with Crippen molar-refractivity contribution in [3.05, 3.63) is 71.4 Å². The van der Waals surface area contributed by atoms with Crippen LogP contribution in [0.5, 0.6) is 11.5 Å². The average Bonchev–Trinajstić information content (AvgIpc) is 3.47. The molecule has 10 heteroatoms. The first kappa shape index (κ1) is 19.6. The van der Waals surface area contributed by atoms with Crippen molar-refractivity contribution >= 4 is 27.0 Å². The van der Waals surface area contributed by atoms with E-state index in [1.807, 2.05) is 29.6 Å². The van der Waals surface area contributed by atoms with Gasteiger partial charge in [0.2, 0.25) is 11.7 Å². The molecule has 1 aliphatic heterocycles. The summed E-state index contributed by atoms with van der Waals surface area (Å²) in [5.74, 6) is 1.85. The number of sulfonamides is 1. The molecule has 31 heavy (non-hydrogen) atoms. The second-order valence-corrected chi connectivity index (χ2v) is 9.36. The van der Waals surface area contributed by atoms with Crippen LogP contribution in [0.3, 0.4) is 0 Å². The molecule has 0 saturated carbocycles. The van der Waals surface area contributed by atoms with Crippen LogP contribution in [0, 0.1) is 0 Å². The Bertz CT molecular complexity index is 1320. The minimum absolute atomic E-state index is 0.0873. The summed E-state index contributed by atoms with van der Waals surface area (Å²) >= 11 is 1.52. The van der Waals surface area contributed by atoms with E-state index in [2.05, 4.69) is 14.9 Å². The first-order chi connectivity index (χ1) is 15.1. The lowest BCUT2D eigenvalue weighted by molar-refractivity contribution is 0.171. The van der Waals surface area contributed by atoms with E-state index in [9.17, 15) is 8.42 Å². The first-order valence-electron chi connectivity index (χ1n) is 9.45. The molecular weight excluding hydrogens is 438 g/mol. The molecule has 4 aromatic rings. The van der Waals surface area contributed by atoms with Crippen molar-refractivity contribution in [3.63, 3.8) is 0 Å². The lowest BCUT2D eigenvalue weighted by atomic mass is 10.1. The summed E-state index contributed by atoms with van der Waals surface area (Å²) in [5.41, 5.74) is 1.15. The molecule has 0 atom stereocenters. The highest BCUT2D eigenvalue weighted by molar-refractivity contribution is 7.92. The number of rotatable bonds is 6. The third-order valence-electron chi connectivity index (χ3n) is 4.64. The molecule has 0 amide bonds. The van der Waals surface area contributed by atoms with Gasteiger partial charge in [0.25, 0.3) is 10.0 Å². The number of nitrogens with one attached hydrogen (secondary N) is 1. The summed E-state index contributed by atoms with van der Waals surface area (Å²) in [7, 11) is -3.84. The summed E-state index contributed by atoms with van der Waals surface area (Å²) in [6.07, 6.45) is 0.290. The van der Waals surface area contributed by atoms with Crippen molar-refractivity contribution in [3.8, 4) is 22.2 Å². The largest absolute Gasteiger partial charge is 0.486 e. The van der Waals surface area contributed by atoms with Crippen LogP contribution in [0.1, 0.15) is 11.5 Å². The minimum atomic E-state index is -3.84. The standard InChI is InChI=1S/C21H17N3O5S2/c25-31(26,15-7-8-17-18(13-15)28-10-9-27-17)24-16-5-2-1-4-14(16)12-20-22-21(23-29-20)19-6-3-11-30-19/h1-8,11,13,24H,9-10,12H2. The summed E-state index contributed by atoms with van der Waals surface area (Å²) in [5, 5.41) is 5.95. The monoisotopic (exact) mass is 455 g/mol. The number of fused-ring (bicyclic) bond motifs is 1. The molecule has 0 unspecified atom stereocenters. The Labute approximate surface area is 182 Å². The smallest absolute Gasteiger partial charge is 0.262 e. The van der Waals surface area contributed by atoms with Gasteiger partial charge in [0, 0.05) is 6.07 Å². The second kappa shape index (κ2) is 8.05. The van der Waals surface area contributed by atoms with Gasteiger partial charge in [-0.2, -0.15) is 4.98 Å². The second-order valence-electron chi connectivity index (χ2n) is 6.73. The minimum Gasteiger partial charge on any atom is -0.486 e. The number of aromatic nitrogens is 2. The van der Waals surface area contributed by atoms with Crippen LogP contribution in [0.25, 0.3) is 10.7 Å². The predicted molar refractivity (Wildman–Crippen MR) is 115 cm³/mol. The van der Waals surface area contributed by atoms with Crippen LogP contribution >= 0.6 is 11.3 Å².